The van der Waals surface area contributed by atoms with Crippen molar-refractivity contribution in [2.45, 2.75) is 38.0 Å². The Kier molecular flexibility index (Phi) is 4.62. The number of amides is 1. The lowest BCUT2D eigenvalue weighted by molar-refractivity contribution is -0.115. The second kappa shape index (κ2) is 7.32. The van der Waals surface area contributed by atoms with Gasteiger partial charge in [-0.2, -0.15) is 4.98 Å². The third-order valence-corrected chi connectivity index (χ3v) is 5.77. The Morgan fingerprint density at radius 1 is 1.27 bits per heavy atom. The zero-order valence-corrected chi connectivity index (χ0v) is 16.4. The molecular weight excluding hydrogens is 392 g/mol. The second-order valence-electron chi connectivity index (χ2n) is 7.79. The van der Waals surface area contributed by atoms with E-state index in [2.05, 4.69) is 15.3 Å². The summed E-state index contributed by atoms with van der Waals surface area (Å²) in [7, 11) is 1.73. The standard InChI is InChI=1S/C21H21F2N5O2/c1-27-18-10-24-21(26-19(18)28-6-2-3-17(28)20(27)29)25-13-8-14(9-13)30-11-12-4-5-15(22)16(23)7-12/h3-5,7,10,13-14H,2,6,8-9,11H2,1H3,(H,24,25,26)/t13-,14-. The fourth-order valence-corrected chi connectivity index (χ4v) is 3.98. The van der Waals surface area contributed by atoms with Gasteiger partial charge in [0.25, 0.3) is 5.91 Å². The summed E-state index contributed by atoms with van der Waals surface area (Å²) in [6, 6.07) is 3.97. The molecule has 1 aromatic carbocycles. The normalized spacial score (nSPS) is 22.4. The number of anilines is 3. The number of hydrogen-bond donors (Lipinski definition) is 1. The maximum Gasteiger partial charge on any atom is 0.274 e. The van der Waals surface area contributed by atoms with Gasteiger partial charge in [-0.25, -0.2) is 13.8 Å². The average Bonchev–Trinajstić information content (AvgIpc) is 3.20. The molecule has 2 aromatic rings. The molecule has 2 aliphatic heterocycles. The van der Waals surface area contributed by atoms with Crippen LogP contribution in [0, 0.1) is 11.6 Å². The summed E-state index contributed by atoms with van der Waals surface area (Å²) in [5.41, 5.74) is 1.98. The van der Waals surface area contributed by atoms with Crippen LogP contribution in [0.3, 0.4) is 0 Å². The number of likely N-dealkylation sites (N-methyl/N-ethyl adjacent to an activating group) is 1. The number of aromatic nitrogens is 2. The number of hydrogen-bond acceptors (Lipinski definition) is 6. The van der Waals surface area contributed by atoms with Crippen molar-refractivity contribution < 1.29 is 18.3 Å². The van der Waals surface area contributed by atoms with Gasteiger partial charge in [0.2, 0.25) is 5.95 Å². The number of halogens is 2. The van der Waals surface area contributed by atoms with Crippen LogP contribution >= 0.6 is 0 Å². The lowest BCUT2D eigenvalue weighted by Gasteiger charge is -2.36. The fourth-order valence-electron chi connectivity index (χ4n) is 3.98. The molecule has 1 amide bonds. The second-order valence-corrected chi connectivity index (χ2v) is 7.79. The van der Waals surface area contributed by atoms with Crippen molar-refractivity contribution in [1.29, 1.82) is 0 Å². The molecule has 7 nitrogen and oxygen atoms in total. The first-order chi connectivity index (χ1) is 14.5. The first-order valence-corrected chi connectivity index (χ1v) is 9.94. The van der Waals surface area contributed by atoms with E-state index in [9.17, 15) is 13.6 Å². The Morgan fingerprint density at radius 3 is 2.90 bits per heavy atom. The van der Waals surface area contributed by atoms with Crippen LogP contribution in [0.15, 0.2) is 36.2 Å². The molecule has 1 fully saturated rings. The molecule has 0 atom stereocenters. The first-order valence-electron chi connectivity index (χ1n) is 9.94. The molecule has 0 bridgehead atoms. The van der Waals surface area contributed by atoms with E-state index in [0.29, 0.717) is 22.9 Å². The number of carbonyl (C=O) groups is 1. The number of rotatable bonds is 5. The van der Waals surface area contributed by atoms with E-state index in [1.807, 2.05) is 11.0 Å². The molecule has 1 N–H and O–H groups in total. The first kappa shape index (κ1) is 18.9. The number of benzene rings is 1. The van der Waals surface area contributed by atoms with E-state index in [4.69, 9.17) is 4.74 Å². The molecule has 1 saturated carbocycles. The molecule has 3 heterocycles. The average molecular weight is 413 g/mol. The molecular formula is C21H21F2N5O2. The monoisotopic (exact) mass is 413 g/mol. The zero-order chi connectivity index (χ0) is 20.8. The van der Waals surface area contributed by atoms with Crippen molar-refractivity contribution in [2.24, 2.45) is 0 Å². The van der Waals surface area contributed by atoms with Gasteiger partial charge in [0.1, 0.15) is 11.4 Å². The summed E-state index contributed by atoms with van der Waals surface area (Å²) >= 11 is 0. The van der Waals surface area contributed by atoms with Crippen LogP contribution in [0.5, 0.6) is 0 Å². The van der Waals surface area contributed by atoms with Gasteiger partial charge in [-0.15, -0.1) is 0 Å². The highest BCUT2D eigenvalue weighted by molar-refractivity contribution is 6.12. The molecule has 0 saturated heterocycles. The topological polar surface area (TPSA) is 70.6 Å². The maximum atomic E-state index is 13.3. The zero-order valence-electron chi connectivity index (χ0n) is 16.4. The quantitative estimate of drug-likeness (QED) is 0.813. The van der Waals surface area contributed by atoms with Gasteiger partial charge in [-0.1, -0.05) is 12.1 Å². The summed E-state index contributed by atoms with van der Waals surface area (Å²) in [5, 5.41) is 3.32. The molecule has 3 aliphatic rings. The van der Waals surface area contributed by atoms with Crippen LogP contribution < -0.4 is 15.1 Å². The van der Waals surface area contributed by atoms with Gasteiger partial charge in [-0.3, -0.25) is 4.79 Å². The number of fused-ring (bicyclic) bond motifs is 3. The largest absolute Gasteiger partial charge is 0.373 e. The van der Waals surface area contributed by atoms with E-state index >= 15 is 0 Å². The van der Waals surface area contributed by atoms with E-state index in [0.717, 1.165) is 43.8 Å². The summed E-state index contributed by atoms with van der Waals surface area (Å²) in [6.45, 7) is 0.982. The molecule has 30 heavy (non-hydrogen) atoms. The van der Waals surface area contributed by atoms with Gasteiger partial charge < -0.3 is 19.9 Å². The molecule has 156 valence electrons. The highest BCUT2D eigenvalue weighted by Crippen LogP contribution is 2.38. The van der Waals surface area contributed by atoms with Gasteiger partial charge >= 0.3 is 0 Å². The summed E-state index contributed by atoms with van der Waals surface area (Å²) in [5.74, 6) is -0.499. The van der Waals surface area contributed by atoms with Crippen LogP contribution in [0.1, 0.15) is 24.8 Å². The van der Waals surface area contributed by atoms with Crippen molar-refractivity contribution in [3.05, 3.63) is 53.4 Å². The molecule has 9 heteroatoms. The molecule has 0 spiro atoms. The van der Waals surface area contributed by atoms with Gasteiger partial charge in [0, 0.05) is 19.6 Å². The van der Waals surface area contributed by atoms with E-state index in [-0.39, 0.29) is 24.7 Å². The molecule has 0 radical (unpaired) electrons. The van der Waals surface area contributed by atoms with Crippen molar-refractivity contribution in [3.8, 4) is 0 Å². The van der Waals surface area contributed by atoms with E-state index in [1.165, 1.54) is 6.07 Å². The molecule has 1 aliphatic carbocycles. The third-order valence-electron chi connectivity index (χ3n) is 5.77. The Labute approximate surface area is 172 Å². The van der Waals surface area contributed by atoms with Crippen LogP contribution in [0.2, 0.25) is 0 Å². The van der Waals surface area contributed by atoms with Crippen LogP contribution in [-0.2, 0) is 16.1 Å². The smallest absolute Gasteiger partial charge is 0.274 e. The molecule has 5 rings (SSSR count). The van der Waals surface area contributed by atoms with Gasteiger partial charge in [-0.05, 0) is 37.0 Å². The summed E-state index contributed by atoms with van der Waals surface area (Å²) in [4.78, 5) is 25.0. The van der Waals surface area contributed by atoms with Crippen LogP contribution in [0.25, 0.3) is 0 Å². The Morgan fingerprint density at radius 2 is 2.10 bits per heavy atom. The minimum absolute atomic E-state index is 0.0377. The number of nitrogens with zero attached hydrogens (tertiary/aromatic N) is 4. The predicted molar refractivity (Wildman–Crippen MR) is 107 cm³/mol. The van der Waals surface area contributed by atoms with Gasteiger partial charge in [0.15, 0.2) is 17.5 Å². The van der Waals surface area contributed by atoms with Crippen LogP contribution in [0.4, 0.5) is 26.2 Å². The van der Waals surface area contributed by atoms with E-state index in [1.54, 1.807) is 18.1 Å². The third kappa shape index (κ3) is 3.28. The summed E-state index contributed by atoms with van der Waals surface area (Å²) < 4.78 is 32.0. The summed E-state index contributed by atoms with van der Waals surface area (Å²) in [6.07, 6.45) is 6.03. The number of ether oxygens (including phenoxy) is 1. The Bertz CT molecular complexity index is 1040. The predicted octanol–water partition coefficient (Wildman–Crippen LogP) is 2.98. The number of nitrogens with one attached hydrogen (secondary N) is 1. The number of carbonyl (C=O) groups excluding carboxylic acids is 1. The van der Waals surface area contributed by atoms with Crippen molar-refractivity contribution in [1.82, 2.24) is 9.97 Å². The highest BCUT2D eigenvalue weighted by Gasteiger charge is 2.36. The van der Waals surface area contributed by atoms with Crippen molar-refractivity contribution >= 4 is 23.4 Å². The minimum Gasteiger partial charge on any atom is -0.373 e. The SMILES string of the molecule is CN1C(=O)C2=CCCN2c2nc(N[C@H]3C[C@H](OCc4ccc(F)c(F)c4)C3)ncc21. The van der Waals surface area contributed by atoms with Crippen molar-refractivity contribution in [3.63, 3.8) is 0 Å². The molecule has 0 unspecified atom stereocenters. The maximum absolute atomic E-state index is 13.3. The lowest BCUT2D eigenvalue weighted by atomic mass is 9.89. The Balaban J connectivity index is 1.18. The minimum atomic E-state index is -0.864. The van der Waals surface area contributed by atoms with Crippen LogP contribution in [-0.4, -0.2) is 41.6 Å². The lowest BCUT2D eigenvalue weighted by Crippen LogP contribution is -2.42. The van der Waals surface area contributed by atoms with Gasteiger partial charge in [0.05, 0.1) is 18.9 Å². The van der Waals surface area contributed by atoms with E-state index < -0.39 is 11.6 Å². The fraction of sp³-hybridized carbons (Fsp3) is 0.381. The van der Waals surface area contributed by atoms with Crippen molar-refractivity contribution in [2.75, 3.05) is 28.7 Å². The highest BCUT2D eigenvalue weighted by atomic mass is 19.2. The Hall–Kier alpha value is -3.07. The molecule has 1 aromatic heterocycles.